The van der Waals surface area contributed by atoms with E-state index in [1.807, 2.05) is 26.0 Å². The van der Waals surface area contributed by atoms with Crippen molar-refractivity contribution in [3.05, 3.63) is 53.6 Å². The number of amides is 1. The molecule has 3 rings (SSSR count). The van der Waals surface area contributed by atoms with Crippen molar-refractivity contribution in [1.29, 1.82) is 0 Å². The fourth-order valence-electron chi connectivity index (χ4n) is 3.17. The smallest absolute Gasteiger partial charge is 0.226 e. The lowest BCUT2D eigenvalue weighted by molar-refractivity contribution is -0.115. The Balaban J connectivity index is 1.45. The second-order valence-corrected chi connectivity index (χ2v) is 6.78. The Morgan fingerprint density at radius 1 is 1.04 bits per heavy atom. The zero-order valence-corrected chi connectivity index (χ0v) is 15.1. The largest absolute Gasteiger partial charge is 0.385 e. The molecular formula is C21H27N3O. The third kappa shape index (κ3) is 4.75. The Labute approximate surface area is 150 Å². The van der Waals surface area contributed by atoms with Gasteiger partial charge in [-0.15, -0.1) is 0 Å². The van der Waals surface area contributed by atoms with Crippen molar-refractivity contribution in [2.75, 3.05) is 35.2 Å². The van der Waals surface area contributed by atoms with Crippen LogP contribution in [0.25, 0.3) is 0 Å². The van der Waals surface area contributed by atoms with E-state index in [9.17, 15) is 4.79 Å². The predicted octanol–water partition coefficient (Wildman–Crippen LogP) is 4.34. The van der Waals surface area contributed by atoms with Gasteiger partial charge in [0.2, 0.25) is 5.91 Å². The van der Waals surface area contributed by atoms with Crippen molar-refractivity contribution in [3.8, 4) is 0 Å². The minimum atomic E-state index is 0.0369. The first-order valence-electron chi connectivity index (χ1n) is 9.08. The van der Waals surface area contributed by atoms with Crippen LogP contribution >= 0.6 is 0 Å². The maximum atomic E-state index is 12.1. The van der Waals surface area contributed by atoms with Gasteiger partial charge in [0, 0.05) is 43.1 Å². The molecule has 1 aliphatic heterocycles. The average molecular weight is 337 g/mol. The van der Waals surface area contributed by atoms with Crippen LogP contribution in [0.2, 0.25) is 0 Å². The number of carbonyl (C=O) groups excluding carboxylic acids is 1. The lowest BCUT2D eigenvalue weighted by atomic mass is 10.1. The van der Waals surface area contributed by atoms with Gasteiger partial charge in [-0.05, 0) is 68.1 Å². The summed E-state index contributed by atoms with van der Waals surface area (Å²) < 4.78 is 0. The maximum Gasteiger partial charge on any atom is 0.226 e. The summed E-state index contributed by atoms with van der Waals surface area (Å²) in [5.41, 5.74) is 5.49. The molecule has 2 aromatic carbocycles. The standard InChI is InChI=1S/C21H27N3O/c1-16-5-6-17(2)20(15-16)23-21(25)11-12-22-18-7-9-19(10-8-18)24-13-3-4-14-24/h5-10,15,22H,3-4,11-14H2,1-2H3,(H,23,25). The van der Waals surface area contributed by atoms with Crippen LogP contribution in [0.3, 0.4) is 0 Å². The fourth-order valence-corrected chi connectivity index (χ4v) is 3.17. The van der Waals surface area contributed by atoms with Gasteiger partial charge < -0.3 is 15.5 Å². The van der Waals surface area contributed by atoms with E-state index in [1.54, 1.807) is 0 Å². The number of nitrogens with zero attached hydrogens (tertiary/aromatic N) is 1. The van der Waals surface area contributed by atoms with Gasteiger partial charge in [0.25, 0.3) is 0 Å². The monoisotopic (exact) mass is 337 g/mol. The molecule has 1 saturated heterocycles. The molecule has 1 aliphatic rings. The number of hydrogen-bond acceptors (Lipinski definition) is 3. The van der Waals surface area contributed by atoms with Gasteiger partial charge >= 0.3 is 0 Å². The summed E-state index contributed by atoms with van der Waals surface area (Å²) in [5, 5.41) is 6.32. The van der Waals surface area contributed by atoms with E-state index >= 15 is 0 Å². The molecule has 0 spiro atoms. The molecule has 1 heterocycles. The molecule has 0 aromatic heterocycles. The SMILES string of the molecule is Cc1ccc(C)c(NC(=O)CCNc2ccc(N3CCCC3)cc2)c1. The molecule has 2 N–H and O–H groups in total. The van der Waals surface area contributed by atoms with Crippen LogP contribution in [0.5, 0.6) is 0 Å². The molecular weight excluding hydrogens is 310 g/mol. The fraction of sp³-hybridized carbons (Fsp3) is 0.381. The molecule has 1 fully saturated rings. The Bertz CT molecular complexity index is 718. The number of nitrogens with one attached hydrogen (secondary N) is 2. The Morgan fingerprint density at radius 2 is 1.76 bits per heavy atom. The van der Waals surface area contributed by atoms with E-state index in [0.29, 0.717) is 13.0 Å². The van der Waals surface area contributed by atoms with Crippen molar-refractivity contribution in [2.45, 2.75) is 33.1 Å². The highest BCUT2D eigenvalue weighted by Crippen LogP contribution is 2.22. The lowest BCUT2D eigenvalue weighted by Gasteiger charge is -2.18. The van der Waals surface area contributed by atoms with Crippen molar-refractivity contribution in [1.82, 2.24) is 0 Å². The zero-order chi connectivity index (χ0) is 17.6. The predicted molar refractivity (Wildman–Crippen MR) is 106 cm³/mol. The summed E-state index contributed by atoms with van der Waals surface area (Å²) in [4.78, 5) is 14.6. The summed E-state index contributed by atoms with van der Waals surface area (Å²) in [6.07, 6.45) is 3.02. The average Bonchev–Trinajstić information content (AvgIpc) is 3.13. The summed E-state index contributed by atoms with van der Waals surface area (Å²) in [6.45, 7) is 6.98. The first-order chi connectivity index (χ1) is 12.1. The minimum absolute atomic E-state index is 0.0369. The first-order valence-corrected chi connectivity index (χ1v) is 9.08. The Kier molecular flexibility index (Phi) is 5.59. The quantitative estimate of drug-likeness (QED) is 0.824. The van der Waals surface area contributed by atoms with Crippen LogP contribution in [-0.2, 0) is 4.79 Å². The van der Waals surface area contributed by atoms with Crippen LogP contribution in [0.4, 0.5) is 17.1 Å². The number of benzene rings is 2. The van der Waals surface area contributed by atoms with Crippen molar-refractivity contribution < 1.29 is 4.79 Å². The van der Waals surface area contributed by atoms with Gasteiger partial charge in [0.15, 0.2) is 0 Å². The second kappa shape index (κ2) is 8.06. The molecule has 4 nitrogen and oxygen atoms in total. The van der Waals surface area contributed by atoms with Crippen LogP contribution < -0.4 is 15.5 Å². The molecule has 4 heteroatoms. The van der Waals surface area contributed by atoms with Crippen LogP contribution in [0.15, 0.2) is 42.5 Å². The Morgan fingerprint density at radius 3 is 2.48 bits per heavy atom. The highest BCUT2D eigenvalue weighted by atomic mass is 16.1. The summed E-state index contributed by atoms with van der Waals surface area (Å²) in [7, 11) is 0. The zero-order valence-electron chi connectivity index (χ0n) is 15.1. The van der Waals surface area contributed by atoms with Gasteiger partial charge in [-0.3, -0.25) is 4.79 Å². The molecule has 0 atom stereocenters. The highest BCUT2D eigenvalue weighted by molar-refractivity contribution is 5.91. The maximum absolute atomic E-state index is 12.1. The third-order valence-electron chi connectivity index (χ3n) is 4.69. The summed E-state index contributed by atoms with van der Waals surface area (Å²) >= 11 is 0. The molecule has 0 saturated carbocycles. The third-order valence-corrected chi connectivity index (χ3v) is 4.69. The first kappa shape index (κ1) is 17.3. The van der Waals surface area contributed by atoms with E-state index in [1.165, 1.54) is 18.5 Å². The number of rotatable bonds is 6. The highest BCUT2D eigenvalue weighted by Gasteiger charge is 2.11. The number of aryl methyl sites for hydroxylation is 2. The molecule has 0 unspecified atom stereocenters. The normalized spacial score (nSPS) is 13.8. The molecule has 0 radical (unpaired) electrons. The topological polar surface area (TPSA) is 44.4 Å². The van der Waals surface area contributed by atoms with E-state index < -0.39 is 0 Å². The molecule has 132 valence electrons. The van der Waals surface area contributed by atoms with Gasteiger partial charge in [-0.2, -0.15) is 0 Å². The van der Waals surface area contributed by atoms with Crippen molar-refractivity contribution in [3.63, 3.8) is 0 Å². The van der Waals surface area contributed by atoms with Gasteiger partial charge in [0.1, 0.15) is 0 Å². The lowest BCUT2D eigenvalue weighted by Crippen LogP contribution is -2.18. The van der Waals surface area contributed by atoms with E-state index in [-0.39, 0.29) is 5.91 Å². The van der Waals surface area contributed by atoms with E-state index in [4.69, 9.17) is 0 Å². The van der Waals surface area contributed by atoms with E-state index in [0.717, 1.165) is 35.6 Å². The van der Waals surface area contributed by atoms with Crippen molar-refractivity contribution >= 4 is 23.0 Å². The molecule has 0 bridgehead atoms. The molecule has 25 heavy (non-hydrogen) atoms. The van der Waals surface area contributed by atoms with Crippen LogP contribution in [0.1, 0.15) is 30.4 Å². The van der Waals surface area contributed by atoms with Gasteiger partial charge in [0.05, 0.1) is 0 Å². The Hall–Kier alpha value is -2.49. The number of hydrogen-bond donors (Lipinski definition) is 2. The molecule has 2 aromatic rings. The molecule has 1 amide bonds. The van der Waals surface area contributed by atoms with Crippen LogP contribution in [0, 0.1) is 13.8 Å². The van der Waals surface area contributed by atoms with Crippen molar-refractivity contribution in [2.24, 2.45) is 0 Å². The summed E-state index contributed by atoms with van der Waals surface area (Å²) in [6, 6.07) is 14.6. The minimum Gasteiger partial charge on any atom is -0.385 e. The van der Waals surface area contributed by atoms with Gasteiger partial charge in [-0.25, -0.2) is 0 Å². The summed E-state index contributed by atoms with van der Waals surface area (Å²) in [5.74, 6) is 0.0369. The van der Waals surface area contributed by atoms with E-state index in [2.05, 4.69) is 45.9 Å². The second-order valence-electron chi connectivity index (χ2n) is 6.78. The number of anilines is 3. The van der Waals surface area contributed by atoms with Gasteiger partial charge in [-0.1, -0.05) is 12.1 Å². The van der Waals surface area contributed by atoms with Crippen LogP contribution in [-0.4, -0.2) is 25.5 Å². The number of carbonyl (C=O) groups is 1. The molecule has 0 aliphatic carbocycles.